The van der Waals surface area contributed by atoms with Gasteiger partial charge in [0.05, 0.1) is 29.7 Å². The number of hydrogen-bond donors (Lipinski definition) is 0. The van der Waals surface area contributed by atoms with Gasteiger partial charge in [0.25, 0.3) is 0 Å². The van der Waals surface area contributed by atoms with Gasteiger partial charge in [-0.3, -0.25) is 4.98 Å². The summed E-state index contributed by atoms with van der Waals surface area (Å²) < 4.78 is 7.81. The quantitative estimate of drug-likeness (QED) is 0.784. The lowest BCUT2D eigenvalue weighted by Gasteiger charge is -2.26. The molecule has 4 nitrogen and oxygen atoms in total. The molecule has 2 aromatic rings. The molecule has 18 heavy (non-hydrogen) atoms. The summed E-state index contributed by atoms with van der Waals surface area (Å²) in [6, 6.07) is 2.34. The minimum Gasteiger partial charge on any atom is -0.379 e. The van der Waals surface area contributed by atoms with Crippen molar-refractivity contribution in [3.63, 3.8) is 0 Å². The number of hydrogen-bond acceptors (Lipinski definition) is 3. The van der Waals surface area contributed by atoms with Crippen LogP contribution in [0.4, 0.5) is 0 Å². The van der Waals surface area contributed by atoms with Crippen molar-refractivity contribution >= 4 is 22.6 Å². The van der Waals surface area contributed by atoms with Crippen molar-refractivity contribution in [2.75, 3.05) is 13.2 Å². The van der Waals surface area contributed by atoms with Gasteiger partial charge in [-0.2, -0.15) is 0 Å². The van der Waals surface area contributed by atoms with Crippen molar-refractivity contribution in [2.45, 2.75) is 31.2 Å². The first-order chi connectivity index (χ1) is 8.77. The summed E-state index contributed by atoms with van der Waals surface area (Å²) in [6.45, 7) is 3.55. The van der Waals surface area contributed by atoms with E-state index >= 15 is 0 Å². The Morgan fingerprint density at radius 1 is 1.56 bits per heavy atom. The first kappa shape index (κ1) is 11.9. The topological polar surface area (TPSA) is 39.9 Å². The molecular formula is C13H16ClN3O. The van der Waals surface area contributed by atoms with Crippen molar-refractivity contribution < 1.29 is 4.74 Å². The number of ether oxygens (including phenoxy) is 1. The van der Waals surface area contributed by atoms with E-state index in [9.17, 15) is 0 Å². The zero-order valence-corrected chi connectivity index (χ0v) is 11.1. The van der Waals surface area contributed by atoms with E-state index in [4.69, 9.17) is 16.3 Å². The maximum atomic E-state index is 6.25. The Morgan fingerprint density at radius 3 is 3.17 bits per heavy atom. The highest BCUT2D eigenvalue weighted by Gasteiger charge is 2.23. The van der Waals surface area contributed by atoms with Crippen LogP contribution in [0.1, 0.15) is 37.0 Å². The summed E-state index contributed by atoms with van der Waals surface area (Å²) in [7, 11) is 0. The molecule has 2 unspecified atom stereocenters. The van der Waals surface area contributed by atoms with E-state index in [1.807, 2.05) is 13.0 Å². The number of pyridine rings is 1. The normalized spacial score (nSPS) is 22.2. The number of fused-ring (bicyclic) bond motifs is 1. The third-order valence-corrected chi connectivity index (χ3v) is 3.57. The maximum absolute atomic E-state index is 6.25. The number of rotatable bonds is 2. The lowest BCUT2D eigenvalue weighted by atomic mass is 10.1. The Bertz CT molecular complexity index is 546. The molecular weight excluding hydrogens is 250 g/mol. The number of imidazole rings is 1. The van der Waals surface area contributed by atoms with Gasteiger partial charge in [0.1, 0.15) is 11.3 Å². The van der Waals surface area contributed by atoms with Gasteiger partial charge in [0, 0.05) is 12.8 Å². The molecule has 3 heterocycles. The van der Waals surface area contributed by atoms with Crippen LogP contribution in [0.5, 0.6) is 0 Å². The van der Waals surface area contributed by atoms with Gasteiger partial charge in [-0.1, -0.05) is 0 Å². The molecule has 2 atom stereocenters. The monoisotopic (exact) mass is 265 g/mol. The van der Waals surface area contributed by atoms with Crippen LogP contribution >= 0.6 is 11.6 Å². The molecule has 2 aromatic heterocycles. The molecule has 1 aliphatic rings. The molecule has 96 valence electrons. The molecule has 0 N–H and O–H groups in total. The first-order valence-corrected chi connectivity index (χ1v) is 6.74. The van der Waals surface area contributed by atoms with Gasteiger partial charge in [0.2, 0.25) is 0 Å². The molecule has 1 aliphatic heterocycles. The zero-order valence-electron chi connectivity index (χ0n) is 10.3. The van der Waals surface area contributed by atoms with Crippen molar-refractivity contribution in [1.29, 1.82) is 0 Å². The van der Waals surface area contributed by atoms with E-state index in [1.165, 1.54) is 0 Å². The summed E-state index contributed by atoms with van der Waals surface area (Å²) in [6.07, 6.45) is 5.79. The Balaban J connectivity index is 2.14. The third-order valence-electron chi connectivity index (χ3n) is 3.38. The van der Waals surface area contributed by atoms with Gasteiger partial charge in [0.15, 0.2) is 0 Å². The molecule has 5 heteroatoms. The fourth-order valence-corrected chi connectivity index (χ4v) is 2.71. The lowest BCUT2D eigenvalue weighted by Crippen LogP contribution is -2.23. The van der Waals surface area contributed by atoms with Gasteiger partial charge < -0.3 is 9.30 Å². The predicted octanol–water partition coefficient (Wildman–Crippen LogP) is 3.08. The minimum atomic E-state index is -0.112. The van der Waals surface area contributed by atoms with Crippen LogP contribution in [-0.2, 0) is 4.74 Å². The maximum Gasteiger partial charge on any atom is 0.128 e. The largest absolute Gasteiger partial charge is 0.379 e. The highest BCUT2D eigenvalue weighted by molar-refractivity contribution is 6.20. The number of nitrogens with zero attached hydrogens (tertiary/aromatic N) is 3. The Kier molecular flexibility index (Phi) is 3.22. The molecule has 0 radical (unpaired) electrons. The zero-order chi connectivity index (χ0) is 12.5. The number of aromatic nitrogens is 3. The summed E-state index contributed by atoms with van der Waals surface area (Å²) >= 11 is 6.25. The second kappa shape index (κ2) is 4.86. The summed E-state index contributed by atoms with van der Waals surface area (Å²) in [4.78, 5) is 8.72. The Labute approximate surface area is 111 Å². The molecule has 0 amide bonds. The van der Waals surface area contributed by atoms with Crippen LogP contribution in [-0.4, -0.2) is 27.7 Å². The molecule has 1 saturated heterocycles. The molecule has 0 aliphatic carbocycles. The second-order valence-corrected chi connectivity index (χ2v) is 5.35. The Hall–Kier alpha value is -1.13. The van der Waals surface area contributed by atoms with Crippen molar-refractivity contribution in [3.05, 3.63) is 24.3 Å². The summed E-state index contributed by atoms with van der Waals surface area (Å²) in [5.74, 6) is 0.912. The highest BCUT2D eigenvalue weighted by Crippen LogP contribution is 2.31. The molecule has 3 rings (SSSR count). The third kappa shape index (κ3) is 1.99. The number of alkyl halides is 1. The van der Waals surface area contributed by atoms with E-state index in [2.05, 4.69) is 14.5 Å². The van der Waals surface area contributed by atoms with Gasteiger partial charge in [-0.15, -0.1) is 11.6 Å². The van der Waals surface area contributed by atoms with Crippen LogP contribution in [0.15, 0.2) is 18.5 Å². The molecule has 0 saturated carbocycles. The van der Waals surface area contributed by atoms with E-state index in [0.717, 1.165) is 42.9 Å². The minimum absolute atomic E-state index is 0.112. The van der Waals surface area contributed by atoms with Crippen LogP contribution in [0.3, 0.4) is 0 Å². The van der Waals surface area contributed by atoms with Gasteiger partial charge in [-0.25, -0.2) is 4.98 Å². The SMILES string of the molecule is CC(Cl)c1nc2cnccc2n1C1CCCOC1. The molecule has 0 bridgehead atoms. The van der Waals surface area contributed by atoms with E-state index in [0.29, 0.717) is 6.04 Å². The predicted molar refractivity (Wildman–Crippen MR) is 70.9 cm³/mol. The highest BCUT2D eigenvalue weighted by atomic mass is 35.5. The van der Waals surface area contributed by atoms with E-state index < -0.39 is 0 Å². The molecule has 0 spiro atoms. The van der Waals surface area contributed by atoms with Crippen molar-refractivity contribution in [1.82, 2.24) is 14.5 Å². The number of halogens is 1. The van der Waals surface area contributed by atoms with Crippen LogP contribution in [0, 0.1) is 0 Å². The average Bonchev–Trinajstić information content (AvgIpc) is 2.79. The summed E-state index contributed by atoms with van der Waals surface area (Å²) in [5.41, 5.74) is 2.01. The lowest BCUT2D eigenvalue weighted by molar-refractivity contribution is 0.0595. The first-order valence-electron chi connectivity index (χ1n) is 6.31. The average molecular weight is 266 g/mol. The molecule has 1 fully saturated rings. The second-order valence-electron chi connectivity index (χ2n) is 4.69. The van der Waals surface area contributed by atoms with Crippen LogP contribution < -0.4 is 0 Å². The van der Waals surface area contributed by atoms with E-state index in [-0.39, 0.29) is 5.38 Å². The van der Waals surface area contributed by atoms with Crippen molar-refractivity contribution in [2.24, 2.45) is 0 Å². The van der Waals surface area contributed by atoms with Gasteiger partial charge in [-0.05, 0) is 25.8 Å². The smallest absolute Gasteiger partial charge is 0.128 e. The van der Waals surface area contributed by atoms with Crippen LogP contribution in [0.2, 0.25) is 0 Å². The standard InChI is InChI=1S/C13H16ClN3O/c1-9(14)13-16-11-7-15-5-4-12(11)17(13)10-3-2-6-18-8-10/h4-5,7,9-10H,2-3,6,8H2,1H3. The molecule has 0 aromatic carbocycles. The fourth-order valence-electron chi connectivity index (χ4n) is 2.56. The summed E-state index contributed by atoms with van der Waals surface area (Å²) in [5, 5.41) is -0.112. The van der Waals surface area contributed by atoms with Gasteiger partial charge >= 0.3 is 0 Å². The van der Waals surface area contributed by atoms with Crippen molar-refractivity contribution in [3.8, 4) is 0 Å². The Morgan fingerprint density at radius 2 is 2.44 bits per heavy atom. The van der Waals surface area contributed by atoms with Crippen LogP contribution in [0.25, 0.3) is 11.0 Å². The fraction of sp³-hybridized carbons (Fsp3) is 0.538. The van der Waals surface area contributed by atoms with E-state index in [1.54, 1.807) is 12.4 Å².